The van der Waals surface area contributed by atoms with Crippen LogP contribution in [-0.4, -0.2) is 26.3 Å². The molecule has 0 aliphatic carbocycles. The van der Waals surface area contributed by atoms with Crippen LogP contribution in [0.4, 0.5) is 17.6 Å². The third kappa shape index (κ3) is 5.65. The zero-order chi connectivity index (χ0) is 26.9. The highest BCUT2D eigenvalue weighted by Gasteiger charge is 2.35. The Morgan fingerprint density at radius 2 is 1.72 bits per heavy atom. The predicted octanol–water partition coefficient (Wildman–Crippen LogP) is 4.43. The van der Waals surface area contributed by atoms with Crippen LogP contribution in [0.2, 0.25) is 10.0 Å². The Labute approximate surface area is 209 Å². The third-order valence-corrected chi connectivity index (χ3v) is 5.49. The zero-order valence-electron chi connectivity index (χ0n) is 18.4. The minimum absolute atomic E-state index is 0.0786. The Balaban J connectivity index is 1.93. The van der Waals surface area contributed by atoms with Gasteiger partial charge in [0.2, 0.25) is 0 Å². The SMILES string of the molecule is CC(Oc1ccc(COc2cc(-n3c(=O)cc(C(F)(F)F)n(C)c3=O)c(F)cc2Cl)cc1Cl)C(=O)O. The minimum atomic E-state index is -4.98. The molecule has 0 saturated heterocycles. The van der Waals surface area contributed by atoms with E-state index in [0.717, 1.165) is 19.2 Å². The lowest BCUT2D eigenvalue weighted by Crippen LogP contribution is -2.41. The van der Waals surface area contributed by atoms with Crippen molar-refractivity contribution in [2.24, 2.45) is 7.05 Å². The molecule has 1 unspecified atom stereocenters. The Hall–Kier alpha value is -3.51. The number of nitrogens with zero attached hydrogens (tertiary/aromatic N) is 2. The summed E-state index contributed by atoms with van der Waals surface area (Å²) < 4.78 is 65.0. The number of alkyl halides is 3. The van der Waals surface area contributed by atoms with Crippen LogP contribution in [0.1, 0.15) is 18.2 Å². The fourth-order valence-corrected chi connectivity index (χ4v) is 3.50. The second-order valence-electron chi connectivity index (χ2n) is 7.43. The average Bonchev–Trinajstić information content (AvgIpc) is 2.77. The summed E-state index contributed by atoms with van der Waals surface area (Å²) in [5.74, 6) is -2.42. The molecule has 0 bridgehead atoms. The molecule has 0 aliphatic rings. The predicted molar refractivity (Wildman–Crippen MR) is 121 cm³/mol. The van der Waals surface area contributed by atoms with E-state index in [1.165, 1.54) is 25.1 Å². The maximum atomic E-state index is 14.6. The Kier molecular flexibility index (Phi) is 7.70. The van der Waals surface area contributed by atoms with Crippen LogP contribution in [0.5, 0.6) is 11.5 Å². The standard InChI is InChI=1S/C22H16Cl2F4N2O6/c1-10(20(32)33)36-16-4-3-11(5-12(16)23)9-35-17-7-15(14(25)6-13(17)24)30-19(31)8-18(22(26,27)28)29(2)21(30)34/h3-8,10H,9H2,1-2H3,(H,32,33). The number of aliphatic carboxylic acids is 1. The monoisotopic (exact) mass is 550 g/mol. The van der Waals surface area contributed by atoms with Gasteiger partial charge in [-0.3, -0.25) is 9.36 Å². The molecular formula is C22H16Cl2F4N2O6. The van der Waals surface area contributed by atoms with Crippen molar-refractivity contribution < 1.29 is 36.9 Å². The van der Waals surface area contributed by atoms with E-state index >= 15 is 0 Å². The number of halogens is 6. The van der Waals surface area contributed by atoms with Gasteiger partial charge in [-0.1, -0.05) is 29.3 Å². The maximum Gasteiger partial charge on any atom is 0.431 e. The lowest BCUT2D eigenvalue weighted by Gasteiger charge is -2.16. The molecule has 0 saturated carbocycles. The first kappa shape index (κ1) is 27.1. The van der Waals surface area contributed by atoms with Crippen molar-refractivity contribution in [3.8, 4) is 17.2 Å². The van der Waals surface area contributed by atoms with Gasteiger partial charge < -0.3 is 14.6 Å². The highest BCUT2D eigenvalue weighted by atomic mass is 35.5. The van der Waals surface area contributed by atoms with Gasteiger partial charge in [0.25, 0.3) is 5.56 Å². The molecule has 0 fully saturated rings. The number of carboxylic acid groups (broad SMARTS) is 1. The number of carbonyl (C=O) groups is 1. The van der Waals surface area contributed by atoms with Crippen molar-refractivity contribution in [1.29, 1.82) is 0 Å². The molecular weight excluding hydrogens is 535 g/mol. The molecule has 14 heteroatoms. The van der Waals surface area contributed by atoms with Gasteiger partial charge in [0, 0.05) is 19.2 Å². The maximum absolute atomic E-state index is 14.6. The van der Waals surface area contributed by atoms with Crippen LogP contribution in [0.3, 0.4) is 0 Å². The smallest absolute Gasteiger partial charge is 0.431 e. The van der Waals surface area contributed by atoms with Crippen LogP contribution < -0.4 is 20.7 Å². The third-order valence-electron chi connectivity index (χ3n) is 4.89. The summed E-state index contributed by atoms with van der Waals surface area (Å²) in [7, 11) is 0.792. The second-order valence-corrected chi connectivity index (χ2v) is 8.24. The highest BCUT2D eigenvalue weighted by Crippen LogP contribution is 2.32. The second kappa shape index (κ2) is 10.2. The van der Waals surface area contributed by atoms with E-state index < -0.39 is 46.7 Å². The molecule has 36 heavy (non-hydrogen) atoms. The molecule has 1 N–H and O–H groups in total. The summed E-state index contributed by atoms with van der Waals surface area (Å²) in [6.07, 6.45) is -6.13. The fourth-order valence-electron chi connectivity index (χ4n) is 3.05. The summed E-state index contributed by atoms with van der Waals surface area (Å²) in [4.78, 5) is 35.7. The minimum Gasteiger partial charge on any atom is -0.487 e. The molecule has 0 aliphatic heterocycles. The molecule has 8 nitrogen and oxygen atoms in total. The van der Waals surface area contributed by atoms with E-state index in [-0.39, 0.29) is 43.4 Å². The topological polar surface area (TPSA) is 99.8 Å². The van der Waals surface area contributed by atoms with Crippen molar-refractivity contribution in [3.05, 3.63) is 84.4 Å². The number of benzene rings is 2. The van der Waals surface area contributed by atoms with Gasteiger partial charge >= 0.3 is 17.8 Å². The Morgan fingerprint density at radius 1 is 1.08 bits per heavy atom. The normalized spacial score (nSPS) is 12.3. The molecule has 3 rings (SSSR count). The van der Waals surface area contributed by atoms with Gasteiger partial charge in [-0.2, -0.15) is 13.2 Å². The molecule has 0 spiro atoms. The van der Waals surface area contributed by atoms with Crippen molar-refractivity contribution in [2.75, 3.05) is 0 Å². The summed E-state index contributed by atoms with van der Waals surface area (Å²) in [5, 5.41) is 8.77. The summed E-state index contributed by atoms with van der Waals surface area (Å²) in [6.45, 7) is 1.12. The largest absolute Gasteiger partial charge is 0.487 e. The average molecular weight is 551 g/mol. The lowest BCUT2D eigenvalue weighted by atomic mass is 10.2. The summed E-state index contributed by atoms with van der Waals surface area (Å²) >= 11 is 12.1. The van der Waals surface area contributed by atoms with Crippen LogP contribution in [0, 0.1) is 5.82 Å². The number of hydrogen-bond donors (Lipinski definition) is 1. The quantitative estimate of drug-likeness (QED) is 0.437. The fraction of sp³-hybridized carbons (Fsp3) is 0.227. The number of ether oxygens (including phenoxy) is 2. The van der Waals surface area contributed by atoms with Gasteiger partial charge in [0.1, 0.15) is 29.6 Å². The zero-order valence-corrected chi connectivity index (χ0v) is 19.9. The molecule has 3 aromatic rings. The van der Waals surface area contributed by atoms with Gasteiger partial charge in [-0.05, 0) is 30.7 Å². The van der Waals surface area contributed by atoms with E-state index in [4.69, 9.17) is 37.8 Å². The van der Waals surface area contributed by atoms with E-state index in [9.17, 15) is 31.9 Å². The van der Waals surface area contributed by atoms with Crippen LogP contribution in [0.15, 0.2) is 46.0 Å². The first-order chi connectivity index (χ1) is 16.7. The highest BCUT2D eigenvalue weighted by molar-refractivity contribution is 6.32. The van der Waals surface area contributed by atoms with E-state index in [1.54, 1.807) is 0 Å². The van der Waals surface area contributed by atoms with Crippen molar-refractivity contribution in [3.63, 3.8) is 0 Å². The lowest BCUT2D eigenvalue weighted by molar-refractivity contribution is -0.144. The van der Waals surface area contributed by atoms with Crippen molar-refractivity contribution in [2.45, 2.75) is 25.8 Å². The van der Waals surface area contributed by atoms with Crippen LogP contribution in [-0.2, 0) is 24.6 Å². The van der Waals surface area contributed by atoms with Gasteiger partial charge in [0.15, 0.2) is 6.10 Å². The van der Waals surface area contributed by atoms with Crippen LogP contribution >= 0.6 is 23.2 Å². The molecule has 2 aromatic carbocycles. The molecule has 192 valence electrons. The van der Waals surface area contributed by atoms with E-state index in [0.29, 0.717) is 5.56 Å². The van der Waals surface area contributed by atoms with E-state index in [1.807, 2.05) is 0 Å². The van der Waals surface area contributed by atoms with Gasteiger partial charge in [-0.15, -0.1) is 0 Å². The van der Waals surface area contributed by atoms with E-state index in [2.05, 4.69) is 0 Å². The molecule has 0 radical (unpaired) electrons. The number of carboxylic acids is 1. The molecule has 0 amide bonds. The first-order valence-corrected chi connectivity index (χ1v) is 10.7. The van der Waals surface area contributed by atoms with Gasteiger partial charge in [0.05, 0.1) is 15.7 Å². The number of hydrogen-bond acceptors (Lipinski definition) is 5. The first-order valence-electron chi connectivity index (χ1n) is 9.91. The Bertz CT molecular complexity index is 1450. The van der Waals surface area contributed by atoms with Crippen molar-refractivity contribution >= 4 is 29.2 Å². The van der Waals surface area contributed by atoms with Crippen LogP contribution in [0.25, 0.3) is 5.69 Å². The summed E-state index contributed by atoms with van der Waals surface area (Å²) in [6, 6.07) is 6.15. The van der Waals surface area contributed by atoms with Gasteiger partial charge in [-0.25, -0.2) is 18.5 Å². The summed E-state index contributed by atoms with van der Waals surface area (Å²) in [5.41, 5.74) is -4.55. The molecule has 1 atom stereocenters. The molecule has 1 heterocycles. The Morgan fingerprint density at radius 3 is 2.31 bits per heavy atom. The molecule has 1 aromatic heterocycles. The van der Waals surface area contributed by atoms with Crippen molar-refractivity contribution in [1.82, 2.24) is 9.13 Å². The number of rotatable bonds is 7. The number of aromatic nitrogens is 2.